The first-order valence-corrected chi connectivity index (χ1v) is 63.2. The Bertz CT molecular complexity index is 2040. The van der Waals surface area contributed by atoms with Gasteiger partial charge in [0.2, 0.25) is 0 Å². The molecule has 0 atom stereocenters. The molecule has 46 heteroatoms. The van der Waals surface area contributed by atoms with Crippen molar-refractivity contribution in [2.24, 2.45) is 5.41 Å². The lowest BCUT2D eigenvalue weighted by atomic mass is 9.88. The fourth-order valence-electron chi connectivity index (χ4n) is 10.0. The zero-order valence-corrected chi connectivity index (χ0v) is 89.8. The number of ether oxygens (including phenoxy) is 10. The molecule has 0 unspecified atom stereocenters. The molecule has 114 heavy (non-hydrogen) atoms. The normalized spacial score (nSPS) is 17.0. The van der Waals surface area contributed by atoms with E-state index in [4.69, 9.17) is 50.0 Å². The van der Waals surface area contributed by atoms with Crippen LogP contribution < -0.4 is 0 Å². The Morgan fingerprint density at radius 1 is 0.298 bits per heavy atom. The number of carbonyl (C=O) groups excluding carboxylic acids is 7. The summed E-state index contributed by atoms with van der Waals surface area (Å²) in [5.74, 6) is 7.07. The molecule has 1 aliphatic rings. The number of rotatable bonds is 61. The van der Waals surface area contributed by atoms with Crippen LogP contribution in [0.3, 0.4) is 0 Å². The van der Waals surface area contributed by atoms with E-state index in [0.717, 1.165) is 93.2 Å². The number of carbonyl (C=O) groups is 7. The number of aliphatic hydroxyl groups is 1. The van der Waals surface area contributed by atoms with Gasteiger partial charge in [0.15, 0.2) is 0 Å². The SMILES string of the molecule is CCC(COC(=O)CS)(COC(=O)CS)COC(=O)CS.C[Si]1(CCS)O[Si](C)(CCS)O[Si](C)(CCS)O[Si](C)(CCS)O1.O=C(CS)OCC(O)COC(=O)CS.O=C(CS)OCCOC(=O)CS.SCCCCCCCCCCCS.SCCC[Si](CCCS)(CCCS)CCCS.SCCOCCOCCOCCS. The van der Waals surface area contributed by atoms with E-state index < -0.39 is 95.6 Å². The van der Waals surface area contributed by atoms with Gasteiger partial charge in [-0.2, -0.15) is 240 Å². The lowest BCUT2D eigenvalue weighted by Gasteiger charge is -2.50. The van der Waals surface area contributed by atoms with Gasteiger partial charge >= 0.3 is 76.0 Å². The minimum absolute atomic E-state index is 0.0283. The molecular formula is C68H144O22S19Si5. The second kappa shape index (κ2) is 90.1. The van der Waals surface area contributed by atoms with Crippen molar-refractivity contribution in [3.05, 3.63) is 0 Å². The van der Waals surface area contributed by atoms with Crippen molar-refractivity contribution >= 4 is 324 Å². The van der Waals surface area contributed by atoms with Crippen molar-refractivity contribution in [3.63, 3.8) is 0 Å². The molecule has 0 bridgehead atoms. The average Bonchev–Trinajstić information content (AvgIpc) is 0.769. The Morgan fingerprint density at radius 2 is 0.518 bits per heavy atom. The maximum absolute atomic E-state index is 11.2. The molecular weight excluding hydrogens is 1920 g/mol. The van der Waals surface area contributed by atoms with E-state index in [1.807, 2.05) is 6.92 Å². The van der Waals surface area contributed by atoms with E-state index in [1.165, 1.54) is 108 Å². The van der Waals surface area contributed by atoms with Crippen molar-refractivity contribution in [2.75, 3.05) is 195 Å². The summed E-state index contributed by atoms with van der Waals surface area (Å²) in [5, 5.41) is 9.13. The summed E-state index contributed by atoms with van der Waals surface area (Å²) in [7, 11) is -10.7. The zero-order valence-electron chi connectivity index (χ0n) is 67.8. The second-order valence-corrected chi connectivity index (χ2v) is 52.9. The quantitative estimate of drug-likeness (QED) is 0.00887. The number of aliphatic hydroxyl groups excluding tert-OH is 1. The molecule has 0 aromatic carbocycles. The van der Waals surface area contributed by atoms with Gasteiger partial charge in [0.1, 0.15) is 52.4 Å². The lowest BCUT2D eigenvalue weighted by Crippen LogP contribution is -2.67. The lowest BCUT2D eigenvalue weighted by molar-refractivity contribution is -0.159. The molecule has 682 valence electrons. The predicted molar refractivity (Wildman–Crippen MR) is 546 cm³/mol. The molecule has 0 aliphatic carbocycles. The van der Waals surface area contributed by atoms with Crippen LogP contribution in [0, 0.1) is 5.41 Å². The Morgan fingerprint density at radius 3 is 0.728 bits per heavy atom. The zero-order chi connectivity index (χ0) is 87.7. The number of thiol groups is 19. The molecule has 0 aromatic rings. The van der Waals surface area contributed by atoms with E-state index in [1.54, 1.807) is 0 Å². The highest BCUT2D eigenvalue weighted by molar-refractivity contribution is 7.83. The summed E-state index contributed by atoms with van der Waals surface area (Å²) in [4.78, 5) is 75.8. The van der Waals surface area contributed by atoms with Crippen molar-refractivity contribution in [3.8, 4) is 0 Å². The van der Waals surface area contributed by atoms with E-state index in [0.29, 0.717) is 46.1 Å². The maximum Gasteiger partial charge on any atom is 0.318 e. The van der Waals surface area contributed by atoms with Gasteiger partial charge in [0.05, 0.1) is 93.4 Å². The van der Waals surface area contributed by atoms with Crippen LogP contribution in [0.4, 0.5) is 0 Å². The van der Waals surface area contributed by atoms with Crippen LogP contribution in [0.1, 0.15) is 96.8 Å². The van der Waals surface area contributed by atoms with Gasteiger partial charge in [-0.25, -0.2) is 0 Å². The van der Waals surface area contributed by atoms with Crippen LogP contribution >= 0.6 is 240 Å². The summed E-state index contributed by atoms with van der Waals surface area (Å²) in [5.41, 5.74) is -0.796. The third kappa shape index (κ3) is 82.7. The average molecular weight is 2060 g/mol. The van der Waals surface area contributed by atoms with E-state index in [2.05, 4.69) is 285 Å². The number of unbranched alkanes of at least 4 members (excludes halogenated alkanes) is 8. The highest BCUT2D eigenvalue weighted by Gasteiger charge is 2.56. The van der Waals surface area contributed by atoms with Gasteiger partial charge in [-0.15, -0.1) is 0 Å². The fraction of sp³-hybridized carbons (Fsp3) is 0.897. The van der Waals surface area contributed by atoms with Gasteiger partial charge in [0.25, 0.3) is 0 Å². The minimum Gasteiger partial charge on any atom is -0.464 e. The number of esters is 7. The van der Waals surface area contributed by atoms with Crippen molar-refractivity contribution in [1.82, 2.24) is 0 Å². The molecule has 0 amide bonds. The van der Waals surface area contributed by atoms with Crippen LogP contribution in [-0.2, 0) is 97.4 Å². The first-order chi connectivity index (χ1) is 54.4. The largest absolute Gasteiger partial charge is 0.464 e. The standard InChI is InChI=1S/C12H20O6S3.C12H32O4S4Si4.C12H28S4Si.C11H24S2.C8H18O3S2.C7H12O5S2.C6H10O4S2/c1-2-12(6-16-9(13)3-19,7-17-10(14)4-20)8-18-11(15)5-21;1-21(9-5-17)13-22(2,10-6-18)15-24(4,12-8-20)16-23(3,14-21)11-7-19;13-5-1-9-17(10-2-6-14,11-3-7-15)12-4-8-16;12-10-8-6-4-2-1-3-5-7-9-11-13;12-7-5-10-3-1-9-2-4-11-6-8-13;8-5(1-11-6(9)3-13)2-12-7(10)4-14;7-5(3-11)9-1-2-10-6(8)4-12/h19-21H,2-8H2,1H3;17-20H,5-12H2,1-4H3;13-16H,1-12H2;12-13H,1-11H2;12-13H,1-8H2;5,8,13-14H,1-4H2;11-12H,1-4H2. The van der Waals surface area contributed by atoms with Gasteiger partial charge in [0, 0.05) is 11.5 Å². The van der Waals surface area contributed by atoms with Gasteiger partial charge in [-0.1, -0.05) is 76.0 Å². The van der Waals surface area contributed by atoms with Crippen LogP contribution in [-0.4, -0.2) is 291 Å². The summed E-state index contributed by atoms with van der Waals surface area (Å²) < 4.78 is 75.7. The maximum atomic E-state index is 11.2. The molecule has 0 aromatic heterocycles. The van der Waals surface area contributed by atoms with E-state index >= 15 is 0 Å². The molecule has 0 radical (unpaired) electrons. The molecule has 1 fully saturated rings. The van der Waals surface area contributed by atoms with Crippen LogP contribution in [0.15, 0.2) is 0 Å². The smallest absolute Gasteiger partial charge is 0.318 e. The van der Waals surface area contributed by atoms with Crippen LogP contribution in [0.5, 0.6) is 0 Å². The molecule has 1 saturated heterocycles. The molecule has 0 spiro atoms. The highest BCUT2D eigenvalue weighted by atomic mass is 32.1. The van der Waals surface area contributed by atoms with Gasteiger partial charge < -0.3 is 68.9 Å². The van der Waals surface area contributed by atoms with Crippen molar-refractivity contribution in [2.45, 2.75) is 177 Å². The highest BCUT2D eigenvalue weighted by Crippen LogP contribution is 2.38. The Balaban J connectivity index is -0.000000303. The third-order valence-corrected chi connectivity index (χ3v) is 46.5. The van der Waals surface area contributed by atoms with E-state index in [-0.39, 0.29) is 86.5 Å². The predicted octanol–water partition coefficient (Wildman–Crippen LogP) is 14.1. The third-order valence-electron chi connectivity index (χ3n) is 15.7. The fourth-order valence-corrected chi connectivity index (χ4v) is 44.9. The summed E-state index contributed by atoms with van der Waals surface area (Å²) in [6.45, 7) is 13.8. The molecule has 0 saturated carbocycles. The Kier molecular flexibility index (Phi) is 102. The Hall–Kier alpha value is 3.70. The first-order valence-electron chi connectivity index (χ1n) is 38.3. The Labute approximate surface area is 796 Å². The summed E-state index contributed by atoms with van der Waals surface area (Å²) >= 11 is 77.8. The van der Waals surface area contributed by atoms with Crippen LogP contribution in [0.25, 0.3) is 0 Å². The molecule has 1 N–H and O–H groups in total. The second-order valence-electron chi connectivity index (χ2n) is 26.0. The summed E-state index contributed by atoms with van der Waals surface area (Å²) in [6.07, 6.45) is 17.1. The van der Waals surface area contributed by atoms with Gasteiger partial charge in [-0.05, 0) is 153 Å². The van der Waals surface area contributed by atoms with E-state index in [9.17, 15) is 33.6 Å². The minimum atomic E-state index is -2.42. The number of hydrogen-bond acceptors (Lipinski definition) is 41. The first kappa shape index (κ1) is 128. The molecule has 22 nitrogen and oxygen atoms in total. The van der Waals surface area contributed by atoms with Crippen molar-refractivity contribution < 1.29 is 102 Å². The monoisotopic (exact) mass is 2060 g/mol. The van der Waals surface area contributed by atoms with Crippen molar-refractivity contribution in [1.29, 1.82) is 0 Å². The van der Waals surface area contributed by atoms with Crippen LogP contribution in [0.2, 0.25) is 74.5 Å². The number of hydrogen-bond donors (Lipinski definition) is 20. The molecule has 1 aliphatic heterocycles. The summed E-state index contributed by atoms with van der Waals surface area (Å²) in [6, 6.07) is 9.13. The molecule has 1 heterocycles. The topological polar surface area (TPSA) is 269 Å². The molecule has 1 rings (SSSR count). The van der Waals surface area contributed by atoms with Gasteiger partial charge in [-0.3, -0.25) is 33.6 Å².